The first kappa shape index (κ1) is 9.34. The van der Waals surface area contributed by atoms with Gasteiger partial charge in [-0.3, -0.25) is 9.79 Å². The lowest BCUT2D eigenvalue weighted by Crippen LogP contribution is -2.14. The Morgan fingerprint density at radius 1 is 1.62 bits per heavy atom. The van der Waals surface area contributed by atoms with E-state index in [9.17, 15) is 4.79 Å². The molecule has 2 heterocycles. The second kappa shape index (κ2) is 3.88. The molecule has 0 saturated heterocycles. The summed E-state index contributed by atoms with van der Waals surface area (Å²) < 4.78 is 0. The highest BCUT2D eigenvalue weighted by molar-refractivity contribution is 8.18. The van der Waals surface area contributed by atoms with E-state index in [0.29, 0.717) is 0 Å². The van der Waals surface area contributed by atoms with Crippen LogP contribution in [0, 0.1) is 0 Å². The number of rotatable bonds is 2. The van der Waals surface area contributed by atoms with Crippen LogP contribution in [0.2, 0.25) is 0 Å². The van der Waals surface area contributed by atoms with Gasteiger partial charge in [0, 0.05) is 16.4 Å². The minimum atomic E-state index is -0.0814. The molecule has 2 nitrogen and oxygen atoms in total. The fraction of sp³-hybridized carbons (Fsp3) is 0.556. The maximum atomic E-state index is 11.1. The lowest BCUT2D eigenvalue weighted by atomic mass is 10.2. The van der Waals surface area contributed by atoms with Crippen molar-refractivity contribution in [2.75, 3.05) is 11.5 Å². The van der Waals surface area contributed by atoms with Gasteiger partial charge in [-0.25, -0.2) is 0 Å². The Hall–Kier alpha value is -0.220. The average molecular weight is 213 g/mol. The first-order valence-electron chi connectivity index (χ1n) is 4.32. The molecule has 0 N–H and O–H groups in total. The van der Waals surface area contributed by atoms with Crippen molar-refractivity contribution in [1.29, 1.82) is 0 Å². The number of aliphatic imine (C=N–C) groups is 1. The van der Waals surface area contributed by atoms with Gasteiger partial charge in [-0.05, 0) is 13.3 Å². The summed E-state index contributed by atoms with van der Waals surface area (Å²) in [4.78, 5) is 16.8. The SMILES string of the molecule is CC(=O)C1CSC(C2=CCCS2)=N1. The fourth-order valence-corrected chi connectivity index (χ4v) is 3.56. The van der Waals surface area contributed by atoms with Gasteiger partial charge in [0.25, 0.3) is 0 Å². The van der Waals surface area contributed by atoms with Crippen LogP contribution in [-0.4, -0.2) is 28.4 Å². The number of nitrogens with zero attached hydrogens (tertiary/aromatic N) is 1. The molecule has 0 bridgehead atoms. The predicted molar refractivity (Wildman–Crippen MR) is 59.5 cm³/mol. The van der Waals surface area contributed by atoms with Crippen LogP contribution in [0.1, 0.15) is 13.3 Å². The third-order valence-corrected chi connectivity index (χ3v) is 4.36. The molecule has 0 fully saturated rings. The Balaban J connectivity index is 2.09. The lowest BCUT2D eigenvalue weighted by molar-refractivity contribution is -0.117. The van der Waals surface area contributed by atoms with Crippen LogP contribution in [0.3, 0.4) is 0 Å². The smallest absolute Gasteiger partial charge is 0.155 e. The Kier molecular flexibility index (Phi) is 2.79. The molecule has 0 aliphatic carbocycles. The van der Waals surface area contributed by atoms with Crippen molar-refractivity contribution < 1.29 is 4.79 Å². The van der Waals surface area contributed by atoms with Crippen LogP contribution < -0.4 is 0 Å². The van der Waals surface area contributed by atoms with Gasteiger partial charge in [0.2, 0.25) is 0 Å². The van der Waals surface area contributed by atoms with Gasteiger partial charge in [0.05, 0.1) is 0 Å². The van der Waals surface area contributed by atoms with Crippen molar-refractivity contribution in [2.45, 2.75) is 19.4 Å². The van der Waals surface area contributed by atoms with Gasteiger partial charge >= 0.3 is 0 Å². The number of hydrogen-bond donors (Lipinski definition) is 0. The van der Waals surface area contributed by atoms with Crippen molar-refractivity contribution in [3.8, 4) is 0 Å². The van der Waals surface area contributed by atoms with Crippen LogP contribution in [-0.2, 0) is 4.79 Å². The van der Waals surface area contributed by atoms with Gasteiger partial charge in [-0.15, -0.1) is 23.5 Å². The molecule has 0 radical (unpaired) electrons. The molecule has 2 rings (SSSR count). The summed E-state index contributed by atoms with van der Waals surface area (Å²) in [6.45, 7) is 1.62. The van der Waals surface area contributed by atoms with E-state index in [1.54, 1.807) is 18.7 Å². The van der Waals surface area contributed by atoms with E-state index in [1.807, 2.05) is 11.8 Å². The van der Waals surface area contributed by atoms with E-state index in [0.717, 1.165) is 17.2 Å². The molecule has 70 valence electrons. The highest BCUT2D eigenvalue weighted by Gasteiger charge is 2.24. The van der Waals surface area contributed by atoms with E-state index in [-0.39, 0.29) is 11.8 Å². The number of allylic oxidation sites excluding steroid dienone is 1. The van der Waals surface area contributed by atoms with Gasteiger partial charge < -0.3 is 0 Å². The Labute approximate surface area is 86.3 Å². The highest BCUT2D eigenvalue weighted by Crippen LogP contribution is 2.33. The molecule has 0 saturated carbocycles. The topological polar surface area (TPSA) is 29.4 Å². The van der Waals surface area contributed by atoms with Gasteiger partial charge in [-0.2, -0.15) is 0 Å². The average Bonchev–Trinajstić information content (AvgIpc) is 2.75. The lowest BCUT2D eigenvalue weighted by Gasteiger charge is -1.97. The molecule has 1 unspecified atom stereocenters. The van der Waals surface area contributed by atoms with Crippen molar-refractivity contribution in [3.63, 3.8) is 0 Å². The second-order valence-electron chi connectivity index (χ2n) is 3.08. The molecule has 0 aromatic carbocycles. The quantitative estimate of drug-likeness (QED) is 0.703. The Bertz CT molecular complexity index is 296. The van der Waals surface area contributed by atoms with Gasteiger partial charge in [0.15, 0.2) is 5.78 Å². The predicted octanol–water partition coefficient (Wildman–Crippen LogP) is 2.11. The molecule has 0 aromatic rings. The van der Waals surface area contributed by atoms with Gasteiger partial charge in [0.1, 0.15) is 11.1 Å². The molecular weight excluding hydrogens is 202 g/mol. The van der Waals surface area contributed by atoms with Crippen LogP contribution in [0.4, 0.5) is 0 Å². The number of carbonyl (C=O) groups excluding carboxylic acids is 1. The van der Waals surface area contributed by atoms with E-state index in [2.05, 4.69) is 11.1 Å². The minimum Gasteiger partial charge on any atom is -0.298 e. The molecule has 4 heteroatoms. The first-order valence-corrected chi connectivity index (χ1v) is 6.29. The molecule has 0 amide bonds. The van der Waals surface area contributed by atoms with Crippen LogP contribution in [0.25, 0.3) is 0 Å². The number of thioether (sulfide) groups is 2. The third kappa shape index (κ3) is 1.99. The fourth-order valence-electron chi connectivity index (χ4n) is 1.28. The van der Waals surface area contributed by atoms with E-state index in [1.165, 1.54) is 10.7 Å². The van der Waals surface area contributed by atoms with Crippen molar-refractivity contribution in [2.24, 2.45) is 4.99 Å². The normalized spacial score (nSPS) is 27.3. The Morgan fingerprint density at radius 3 is 3.00 bits per heavy atom. The van der Waals surface area contributed by atoms with Crippen LogP contribution in [0.15, 0.2) is 16.0 Å². The maximum Gasteiger partial charge on any atom is 0.155 e. The van der Waals surface area contributed by atoms with Crippen molar-refractivity contribution in [1.82, 2.24) is 0 Å². The summed E-state index contributed by atoms with van der Waals surface area (Å²) in [5.41, 5.74) is 0. The van der Waals surface area contributed by atoms with E-state index in [4.69, 9.17) is 0 Å². The molecule has 2 aliphatic heterocycles. The molecule has 13 heavy (non-hydrogen) atoms. The number of ketones is 1. The summed E-state index contributed by atoms with van der Waals surface area (Å²) in [7, 11) is 0. The Morgan fingerprint density at radius 2 is 2.46 bits per heavy atom. The summed E-state index contributed by atoms with van der Waals surface area (Å²) in [5, 5.41) is 1.09. The van der Waals surface area contributed by atoms with Crippen molar-refractivity contribution >= 4 is 34.4 Å². The van der Waals surface area contributed by atoms with Crippen LogP contribution >= 0.6 is 23.5 Å². The molecule has 1 atom stereocenters. The maximum absolute atomic E-state index is 11.1. The summed E-state index contributed by atoms with van der Waals surface area (Å²) in [6, 6.07) is -0.0814. The first-order chi connectivity index (χ1) is 6.27. The number of Topliss-reactive ketones (excluding diaryl/α,β-unsaturated/α-hetero) is 1. The third-order valence-electron chi connectivity index (χ3n) is 2.04. The molecule has 0 aromatic heterocycles. The van der Waals surface area contributed by atoms with Crippen molar-refractivity contribution in [3.05, 3.63) is 11.0 Å². The van der Waals surface area contributed by atoms with Gasteiger partial charge in [-0.1, -0.05) is 6.08 Å². The van der Waals surface area contributed by atoms with E-state index < -0.39 is 0 Å². The van der Waals surface area contributed by atoms with E-state index >= 15 is 0 Å². The standard InChI is InChI=1S/C9H11NOS2/c1-6(11)7-5-13-9(10-7)8-3-2-4-12-8/h3,7H,2,4-5H2,1H3. The molecule has 2 aliphatic rings. The minimum absolute atomic E-state index is 0.0814. The summed E-state index contributed by atoms with van der Waals surface area (Å²) in [5.74, 6) is 2.19. The summed E-state index contributed by atoms with van der Waals surface area (Å²) >= 11 is 3.57. The molecular formula is C9H11NOS2. The monoisotopic (exact) mass is 213 g/mol. The van der Waals surface area contributed by atoms with Crippen LogP contribution in [0.5, 0.6) is 0 Å². The zero-order valence-corrected chi connectivity index (χ0v) is 9.08. The molecule has 0 spiro atoms. The largest absolute Gasteiger partial charge is 0.298 e. The second-order valence-corrected chi connectivity index (χ2v) is 5.22. The highest BCUT2D eigenvalue weighted by atomic mass is 32.2. The zero-order chi connectivity index (χ0) is 9.26. The number of carbonyl (C=O) groups is 1. The number of hydrogen-bond acceptors (Lipinski definition) is 4. The summed E-state index contributed by atoms with van der Waals surface area (Å²) in [6.07, 6.45) is 3.36. The zero-order valence-electron chi connectivity index (χ0n) is 7.45.